The molecule has 2 unspecified atom stereocenters. The highest BCUT2D eigenvalue weighted by molar-refractivity contribution is 5.78. The maximum Gasteiger partial charge on any atom is 0.323 e. The quantitative estimate of drug-likeness (QED) is 0.646. The fourth-order valence-electron chi connectivity index (χ4n) is 2.21. The Kier molecular flexibility index (Phi) is 6.60. The first kappa shape index (κ1) is 15.4. The van der Waals surface area contributed by atoms with E-state index in [1.54, 1.807) is 0 Å². The highest BCUT2D eigenvalue weighted by Crippen LogP contribution is 2.28. The number of aliphatic carboxylic acids is 1. The summed E-state index contributed by atoms with van der Waals surface area (Å²) in [6.45, 7) is 3.97. The summed E-state index contributed by atoms with van der Waals surface area (Å²) in [5.74, 6) is -0.921. The minimum atomic E-state index is -1.11. The maximum absolute atomic E-state index is 11.1. The second-order valence-corrected chi connectivity index (χ2v) is 5.02. The van der Waals surface area contributed by atoms with Crippen molar-refractivity contribution in [2.24, 2.45) is 5.73 Å². The van der Waals surface area contributed by atoms with Gasteiger partial charge in [-0.05, 0) is 25.7 Å². The summed E-state index contributed by atoms with van der Waals surface area (Å²) in [5.41, 5.74) is 4.75. The zero-order chi connectivity index (χ0) is 13.4. The van der Waals surface area contributed by atoms with Crippen LogP contribution < -0.4 is 5.73 Å². The third-order valence-electron chi connectivity index (χ3n) is 3.39. The van der Waals surface area contributed by atoms with Gasteiger partial charge in [-0.15, -0.1) is 0 Å². The first-order chi connectivity index (χ1) is 8.58. The van der Waals surface area contributed by atoms with Crippen LogP contribution in [0.15, 0.2) is 0 Å². The number of unbranched alkanes of at least 4 members (excludes halogenated alkanes) is 1. The highest BCUT2D eigenvalue weighted by atomic mass is 16.5. The van der Waals surface area contributed by atoms with Crippen LogP contribution >= 0.6 is 0 Å². The van der Waals surface area contributed by atoms with Gasteiger partial charge in [0.15, 0.2) is 0 Å². The molecule has 0 aromatic rings. The molecule has 5 nitrogen and oxygen atoms in total. The molecule has 1 aliphatic carbocycles. The topological polar surface area (TPSA) is 81.8 Å². The van der Waals surface area contributed by atoms with Crippen LogP contribution in [0, 0.1) is 0 Å². The summed E-state index contributed by atoms with van der Waals surface area (Å²) in [4.78, 5) is 11.1. The summed E-state index contributed by atoms with van der Waals surface area (Å²) in [5, 5.41) is 9.08. The molecule has 1 rings (SSSR count). The van der Waals surface area contributed by atoms with Gasteiger partial charge in [-0.2, -0.15) is 0 Å². The monoisotopic (exact) mass is 259 g/mol. The molecule has 2 atom stereocenters. The van der Waals surface area contributed by atoms with Gasteiger partial charge in [0, 0.05) is 13.0 Å². The minimum Gasteiger partial charge on any atom is -0.480 e. The van der Waals surface area contributed by atoms with Crippen LogP contribution in [-0.2, 0) is 14.3 Å². The van der Waals surface area contributed by atoms with Crippen LogP contribution in [0.5, 0.6) is 0 Å². The second kappa shape index (κ2) is 7.71. The van der Waals surface area contributed by atoms with Crippen molar-refractivity contribution in [1.29, 1.82) is 0 Å². The van der Waals surface area contributed by atoms with E-state index >= 15 is 0 Å². The Hall–Kier alpha value is -0.650. The molecule has 0 amide bonds. The van der Waals surface area contributed by atoms with E-state index in [-0.39, 0.29) is 6.10 Å². The van der Waals surface area contributed by atoms with Crippen molar-refractivity contribution in [1.82, 2.24) is 0 Å². The zero-order valence-corrected chi connectivity index (χ0v) is 11.2. The smallest absolute Gasteiger partial charge is 0.323 e. The number of carboxylic acids is 1. The molecule has 0 aliphatic heterocycles. The fraction of sp³-hybridized carbons (Fsp3) is 0.923. The Morgan fingerprint density at radius 3 is 2.89 bits per heavy atom. The van der Waals surface area contributed by atoms with E-state index in [9.17, 15) is 4.79 Å². The van der Waals surface area contributed by atoms with Crippen LogP contribution in [0.2, 0.25) is 0 Å². The van der Waals surface area contributed by atoms with Crippen molar-refractivity contribution in [2.45, 2.75) is 57.1 Å². The highest BCUT2D eigenvalue weighted by Gasteiger charge is 2.39. The van der Waals surface area contributed by atoms with Gasteiger partial charge in [0.1, 0.15) is 5.54 Å². The van der Waals surface area contributed by atoms with Crippen molar-refractivity contribution >= 4 is 5.97 Å². The fourth-order valence-corrected chi connectivity index (χ4v) is 2.21. The number of ether oxygens (including phenoxy) is 2. The lowest BCUT2D eigenvalue weighted by Crippen LogP contribution is -2.52. The van der Waals surface area contributed by atoms with E-state index in [0.717, 1.165) is 32.3 Å². The molecule has 3 N–H and O–H groups in total. The summed E-state index contributed by atoms with van der Waals surface area (Å²) in [7, 11) is 0. The van der Waals surface area contributed by atoms with Crippen molar-refractivity contribution in [2.75, 3.05) is 19.8 Å². The SMILES string of the molecule is CCCCOCCOC1CCCC(N)(C(=O)O)C1. The third kappa shape index (κ3) is 4.92. The number of carbonyl (C=O) groups is 1. The largest absolute Gasteiger partial charge is 0.480 e. The lowest BCUT2D eigenvalue weighted by Gasteiger charge is -2.34. The predicted octanol–water partition coefficient (Wildman–Crippen LogP) is 1.54. The molecule has 1 fully saturated rings. The van der Waals surface area contributed by atoms with Crippen LogP contribution in [0.25, 0.3) is 0 Å². The van der Waals surface area contributed by atoms with Crippen molar-refractivity contribution in [3.63, 3.8) is 0 Å². The Bertz CT molecular complexity index is 259. The molecule has 0 saturated heterocycles. The summed E-state index contributed by atoms with van der Waals surface area (Å²) in [6.07, 6.45) is 4.78. The van der Waals surface area contributed by atoms with Gasteiger partial charge in [-0.1, -0.05) is 13.3 Å². The minimum absolute atomic E-state index is 0.0466. The van der Waals surface area contributed by atoms with Crippen molar-refractivity contribution in [3.8, 4) is 0 Å². The van der Waals surface area contributed by atoms with Gasteiger partial charge < -0.3 is 20.3 Å². The van der Waals surface area contributed by atoms with Gasteiger partial charge in [-0.3, -0.25) is 4.79 Å². The van der Waals surface area contributed by atoms with Crippen molar-refractivity contribution in [3.05, 3.63) is 0 Å². The number of hydrogen-bond donors (Lipinski definition) is 2. The number of nitrogens with two attached hydrogens (primary N) is 1. The van der Waals surface area contributed by atoms with Gasteiger partial charge in [0.25, 0.3) is 0 Å². The molecule has 0 aromatic carbocycles. The van der Waals surface area contributed by atoms with Crippen LogP contribution in [-0.4, -0.2) is 42.5 Å². The zero-order valence-electron chi connectivity index (χ0n) is 11.2. The lowest BCUT2D eigenvalue weighted by atomic mass is 9.81. The van der Waals surface area contributed by atoms with Gasteiger partial charge in [0.05, 0.1) is 19.3 Å². The summed E-state index contributed by atoms with van der Waals surface area (Å²) >= 11 is 0. The number of hydrogen-bond acceptors (Lipinski definition) is 4. The molecule has 0 aromatic heterocycles. The first-order valence-corrected chi connectivity index (χ1v) is 6.80. The van der Waals surface area contributed by atoms with Gasteiger partial charge in [-0.25, -0.2) is 0 Å². The van der Waals surface area contributed by atoms with E-state index in [1.807, 2.05) is 0 Å². The van der Waals surface area contributed by atoms with Crippen molar-refractivity contribution < 1.29 is 19.4 Å². The first-order valence-electron chi connectivity index (χ1n) is 6.80. The summed E-state index contributed by atoms with van der Waals surface area (Å²) in [6, 6.07) is 0. The molecule has 1 saturated carbocycles. The number of rotatable bonds is 8. The molecule has 0 radical (unpaired) electrons. The third-order valence-corrected chi connectivity index (χ3v) is 3.39. The second-order valence-electron chi connectivity index (χ2n) is 5.02. The van der Waals surface area contributed by atoms with Gasteiger partial charge >= 0.3 is 5.97 Å². The molecular formula is C13H25NO4. The van der Waals surface area contributed by atoms with Crippen LogP contribution in [0.3, 0.4) is 0 Å². The van der Waals surface area contributed by atoms with E-state index in [4.69, 9.17) is 20.3 Å². The molecule has 5 heteroatoms. The van der Waals surface area contributed by atoms with E-state index in [1.165, 1.54) is 0 Å². The van der Waals surface area contributed by atoms with E-state index < -0.39 is 11.5 Å². The number of carboxylic acid groups (broad SMARTS) is 1. The van der Waals surface area contributed by atoms with E-state index in [0.29, 0.717) is 26.1 Å². The van der Waals surface area contributed by atoms with E-state index in [2.05, 4.69) is 6.92 Å². The normalized spacial score (nSPS) is 28.2. The predicted molar refractivity (Wildman–Crippen MR) is 68.5 cm³/mol. The molecule has 18 heavy (non-hydrogen) atoms. The summed E-state index contributed by atoms with van der Waals surface area (Å²) < 4.78 is 11.0. The Labute approximate surface area is 109 Å². The maximum atomic E-state index is 11.1. The Morgan fingerprint density at radius 1 is 1.44 bits per heavy atom. The standard InChI is InChI=1S/C13H25NO4/c1-2-3-7-17-8-9-18-11-5-4-6-13(14,10-11)12(15)16/h11H,2-10,14H2,1H3,(H,15,16). The molecular weight excluding hydrogens is 234 g/mol. The Morgan fingerprint density at radius 2 is 2.22 bits per heavy atom. The van der Waals surface area contributed by atoms with Gasteiger partial charge in [0.2, 0.25) is 0 Å². The molecule has 106 valence electrons. The molecule has 0 bridgehead atoms. The van der Waals surface area contributed by atoms with Crippen LogP contribution in [0.4, 0.5) is 0 Å². The van der Waals surface area contributed by atoms with Crippen LogP contribution in [0.1, 0.15) is 45.4 Å². The molecule has 0 heterocycles. The molecule has 1 aliphatic rings. The lowest BCUT2D eigenvalue weighted by molar-refractivity contribution is -0.147. The average Bonchev–Trinajstić information content (AvgIpc) is 2.34. The average molecular weight is 259 g/mol. The molecule has 0 spiro atoms. The Balaban J connectivity index is 2.17.